The van der Waals surface area contributed by atoms with Crippen molar-refractivity contribution in [2.45, 2.75) is 50.5 Å². The lowest BCUT2D eigenvalue weighted by molar-refractivity contribution is -0.0316. The Balaban J connectivity index is 2.09. The van der Waals surface area contributed by atoms with Crippen molar-refractivity contribution in [2.75, 3.05) is 0 Å². The molecule has 0 spiro atoms. The summed E-state index contributed by atoms with van der Waals surface area (Å²) in [5.41, 5.74) is -0.471. The van der Waals surface area contributed by atoms with E-state index >= 15 is 0 Å². The van der Waals surface area contributed by atoms with Crippen LogP contribution in [-0.4, -0.2) is 5.60 Å². The van der Waals surface area contributed by atoms with Crippen molar-refractivity contribution < 1.29 is 5.11 Å². The highest BCUT2D eigenvalue weighted by Gasteiger charge is 2.39. The minimum Gasteiger partial charge on any atom is -0.229 e. The van der Waals surface area contributed by atoms with Crippen molar-refractivity contribution in [1.29, 1.82) is 0 Å². The molecule has 57 valence electrons. The Kier molecular flexibility index (Phi) is 1.48. The summed E-state index contributed by atoms with van der Waals surface area (Å²) in [5.74, 6) is 0.806. The van der Waals surface area contributed by atoms with E-state index in [0.29, 0.717) is 0 Å². The summed E-state index contributed by atoms with van der Waals surface area (Å²) in [6.45, 7) is 0. The normalized spacial score (nSPS) is 47.1. The zero-order chi connectivity index (χ0) is 7.03. The predicted molar refractivity (Wildman–Crippen MR) is 39.2 cm³/mol. The van der Waals surface area contributed by atoms with E-state index in [1.165, 1.54) is 25.7 Å². The quantitative estimate of drug-likeness (QED) is 0.491. The molecule has 2 rings (SSSR count). The maximum absolute atomic E-state index is 11.8. The largest absolute Gasteiger partial charge is 0.229 e. The van der Waals surface area contributed by atoms with E-state index in [1.54, 1.807) is 0 Å². The Morgan fingerprint density at radius 3 is 2.90 bits per heavy atom. The van der Waals surface area contributed by atoms with E-state index in [0.717, 1.165) is 25.2 Å². The molecule has 2 saturated carbocycles. The second-order valence-electron chi connectivity index (χ2n) is 4.04. The molecule has 2 unspecified atom stereocenters. The van der Waals surface area contributed by atoms with Crippen LogP contribution in [0.25, 0.3) is 0 Å². The number of hydrogen-bond donors (Lipinski definition) is 0. The molecular formula is C9H15O. The van der Waals surface area contributed by atoms with Gasteiger partial charge in [0.1, 0.15) is 5.60 Å². The van der Waals surface area contributed by atoms with E-state index in [9.17, 15) is 5.11 Å². The number of hydrogen-bond acceptors (Lipinski definition) is 0. The van der Waals surface area contributed by atoms with E-state index < -0.39 is 5.60 Å². The fourth-order valence-corrected chi connectivity index (χ4v) is 2.55. The first-order valence-electron chi connectivity index (χ1n) is 4.49. The molecule has 0 amide bonds. The van der Waals surface area contributed by atoms with Crippen molar-refractivity contribution >= 4 is 0 Å². The molecule has 2 bridgehead atoms. The van der Waals surface area contributed by atoms with Gasteiger partial charge in [0.25, 0.3) is 0 Å². The summed E-state index contributed by atoms with van der Waals surface area (Å²) in [7, 11) is 0. The monoisotopic (exact) mass is 139 g/mol. The van der Waals surface area contributed by atoms with Gasteiger partial charge in [-0.15, -0.1) is 0 Å². The molecule has 0 heterocycles. The third-order valence-corrected chi connectivity index (χ3v) is 3.16. The van der Waals surface area contributed by atoms with Crippen LogP contribution in [0.4, 0.5) is 0 Å². The fourth-order valence-electron chi connectivity index (χ4n) is 2.55. The summed E-state index contributed by atoms with van der Waals surface area (Å²) >= 11 is 0. The van der Waals surface area contributed by atoms with Gasteiger partial charge in [-0.3, -0.25) is 0 Å². The van der Waals surface area contributed by atoms with Gasteiger partial charge in [0.15, 0.2) is 0 Å². The molecular weight excluding hydrogens is 124 g/mol. The minimum absolute atomic E-state index is 0.471. The van der Waals surface area contributed by atoms with Gasteiger partial charge in [0.2, 0.25) is 0 Å². The lowest BCUT2D eigenvalue weighted by Gasteiger charge is -2.16. The van der Waals surface area contributed by atoms with E-state index in [-0.39, 0.29) is 0 Å². The Labute approximate surface area is 62.4 Å². The van der Waals surface area contributed by atoms with Gasteiger partial charge in [-0.1, -0.05) is 19.3 Å². The van der Waals surface area contributed by atoms with Crippen molar-refractivity contribution in [3.63, 3.8) is 0 Å². The van der Waals surface area contributed by atoms with Crippen LogP contribution in [0.1, 0.15) is 44.9 Å². The first-order valence-corrected chi connectivity index (χ1v) is 4.49. The Morgan fingerprint density at radius 1 is 1.10 bits per heavy atom. The van der Waals surface area contributed by atoms with Crippen molar-refractivity contribution in [2.24, 2.45) is 5.92 Å². The van der Waals surface area contributed by atoms with Gasteiger partial charge in [-0.05, 0) is 31.6 Å². The number of rotatable bonds is 0. The molecule has 1 nitrogen and oxygen atoms in total. The molecule has 0 aromatic rings. The molecule has 0 aliphatic heterocycles. The van der Waals surface area contributed by atoms with Crippen LogP contribution in [0.15, 0.2) is 0 Å². The summed E-state index contributed by atoms with van der Waals surface area (Å²) in [6.07, 6.45) is 8.00. The lowest BCUT2D eigenvalue weighted by Crippen LogP contribution is -2.21. The molecule has 1 radical (unpaired) electrons. The van der Waals surface area contributed by atoms with Crippen molar-refractivity contribution in [3.05, 3.63) is 0 Å². The third kappa shape index (κ3) is 1.07. The van der Waals surface area contributed by atoms with Gasteiger partial charge in [-0.2, -0.15) is 0 Å². The zero-order valence-electron chi connectivity index (χ0n) is 6.44. The Bertz CT molecular complexity index is 131. The maximum Gasteiger partial charge on any atom is 0.104 e. The molecule has 0 aromatic heterocycles. The molecule has 2 aliphatic rings. The SMILES string of the molecule is [O]C12CCCCC(CC1)C2. The summed E-state index contributed by atoms with van der Waals surface area (Å²) < 4.78 is 0. The molecule has 0 saturated heterocycles. The summed E-state index contributed by atoms with van der Waals surface area (Å²) in [6, 6.07) is 0. The average Bonchev–Trinajstić information content (AvgIpc) is 2.11. The topological polar surface area (TPSA) is 19.9 Å². The van der Waals surface area contributed by atoms with Gasteiger partial charge in [-0.25, -0.2) is 5.11 Å². The standard InChI is InChI=1S/C9H15O/c10-9-5-2-1-3-8(7-9)4-6-9/h8H,1-7H2. The Morgan fingerprint density at radius 2 is 2.00 bits per heavy atom. The fraction of sp³-hybridized carbons (Fsp3) is 1.00. The lowest BCUT2D eigenvalue weighted by atomic mass is 9.97. The second-order valence-corrected chi connectivity index (χ2v) is 4.04. The van der Waals surface area contributed by atoms with Crippen LogP contribution in [0.3, 0.4) is 0 Å². The third-order valence-electron chi connectivity index (χ3n) is 3.16. The van der Waals surface area contributed by atoms with Crippen LogP contribution in [0, 0.1) is 5.92 Å². The summed E-state index contributed by atoms with van der Waals surface area (Å²) in [4.78, 5) is 0. The highest BCUT2D eigenvalue weighted by atomic mass is 16.3. The van der Waals surface area contributed by atoms with E-state index in [2.05, 4.69) is 0 Å². The smallest absolute Gasteiger partial charge is 0.104 e. The predicted octanol–water partition coefficient (Wildman–Crippen LogP) is 2.53. The maximum atomic E-state index is 11.8. The van der Waals surface area contributed by atoms with E-state index in [1.807, 2.05) is 0 Å². The molecule has 10 heavy (non-hydrogen) atoms. The van der Waals surface area contributed by atoms with Gasteiger partial charge < -0.3 is 0 Å². The van der Waals surface area contributed by atoms with Gasteiger partial charge in [0.05, 0.1) is 0 Å². The molecule has 2 fully saturated rings. The van der Waals surface area contributed by atoms with Crippen LogP contribution in [-0.2, 0) is 5.11 Å². The second kappa shape index (κ2) is 2.23. The molecule has 1 heteroatoms. The van der Waals surface area contributed by atoms with Gasteiger partial charge in [0, 0.05) is 0 Å². The molecule has 2 atom stereocenters. The van der Waals surface area contributed by atoms with Crippen LogP contribution < -0.4 is 0 Å². The first kappa shape index (κ1) is 6.66. The van der Waals surface area contributed by atoms with Crippen LogP contribution >= 0.6 is 0 Å². The minimum atomic E-state index is -0.471. The van der Waals surface area contributed by atoms with Gasteiger partial charge >= 0.3 is 0 Å². The Hall–Kier alpha value is -0.0400. The number of fused-ring (bicyclic) bond motifs is 2. The highest BCUT2D eigenvalue weighted by molar-refractivity contribution is 4.90. The van der Waals surface area contributed by atoms with Crippen molar-refractivity contribution in [3.8, 4) is 0 Å². The molecule has 2 aliphatic carbocycles. The van der Waals surface area contributed by atoms with Crippen molar-refractivity contribution in [1.82, 2.24) is 0 Å². The zero-order valence-corrected chi connectivity index (χ0v) is 6.44. The molecule has 0 aromatic carbocycles. The average molecular weight is 139 g/mol. The summed E-state index contributed by atoms with van der Waals surface area (Å²) in [5, 5.41) is 11.8. The first-order chi connectivity index (χ1) is 4.79. The molecule has 0 N–H and O–H groups in total. The highest BCUT2D eigenvalue weighted by Crippen LogP contribution is 2.43. The van der Waals surface area contributed by atoms with Crippen LogP contribution in [0.2, 0.25) is 0 Å². The van der Waals surface area contributed by atoms with E-state index in [4.69, 9.17) is 0 Å². The van der Waals surface area contributed by atoms with Crippen LogP contribution in [0.5, 0.6) is 0 Å².